The molecule has 8 heteroatoms. The molecule has 0 saturated carbocycles. The highest BCUT2D eigenvalue weighted by molar-refractivity contribution is 5.89. The van der Waals surface area contributed by atoms with Gasteiger partial charge >= 0.3 is 6.03 Å². The lowest BCUT2D eigenvalue weighted by molar-refractivity contribution is 0.126. The monoisotopic (exact) mass is 443 g/mol. The van der Waals surface area contributed by atoms with E-state index in [1.165, 1.54) is 24.3 Å². The van der Waals surface area contributed by atoms with E-state index >= 15 is 0 Å². The molecule has 1 aliphatic rings. The highest BCUT2D eigenvalue weighted by atomic mass is 19.1. The van der Waals surface area contributed by atoms with Crippen molar-refractivity contribution in [3.8, 4) is 0 Å². The summed E-state index contributed by atoms with van der Waals surface area (Å²) in [4.78, 5) is 16.2. The standard InChI is InChI=1S/C24H21F4N3O/c25-18-5-1-16(2-6-18)23(17-3-7-19(26)8-4-17)30-9-11-31(12-10-30)24(32)29-22-14-20(27)13-21(28)15-22/h1-8,13-15,23H,9-12H2,(H,29,32). The zero-order valence-corrected chi connectivity index (χ0v) is 17.1. The van der Waals surface area contributed by atoms with Crippen molar-refractivity contribution in [1.82, 2.24) is 9.80 Å². The van der Waals surface area contributed by atoms with Crippen molar-refractivity contribution in [3.05, 3.63) is 101 Å². The van der Waals surface area contributed by atoms with E-state index in [1.807, 2.05) is 0 Å². The van der Waals surface area contributed by atoms with Crippen molar-refractivity contribution in [2.75, 3.05) is 31.5 Å². The molecule has 1 saturated heterocycles. The first-order valence-electron chi connectivity index (χ1n) is 10.2. The summed E-state index contributed by atoms with van der Waals surface area (Å²) in [6.45, 7) is 1.76. The van der Waals surface area contributed by atoms with Gasteiger partial charge in [0.15, 0.2) is 0 Å². The molecule has 0 unspecified atom stereocenters. The molecule has 166 valence electrons. The molecule has 1 heterocycles. The normalized spacial score (nSPS) is 14.6. The summed E-state index contributed by atoms with van der Waals surface area (Å²) in [6.07, 6.45) is 0. The number of nitrogens with one attached hydrogen (secondary N) is 1. The van der Waals surface area contributed by atoms with Crippen LogP contribution in [0.4, 0.5) is 28.0 Å². The lowest BCUT2D eigenvalue weighted by Crippen LogP contribution is -2.51. The minimum Gasteiger partial charge on any atom is -0.322 e. The lowest BCUT2D eigenvalue weighted by Gasteiger charge is -2.39. The van der Waals surface area contributed by atoms with Crippen molar-refractivity contribution in [1.29, 1.82) is 0 Å². The van der Waals surface area contributed by atoms with Gasteiger partial charge < -0.3 is 10.2 Å². The third-order valence-corrected chi connectivity index (χ3v) is 5.45. The number of amides is 2. The van der Waals surface area contributed by atoms with Crippen LogP contribution in [0.1, 0.15) is 17.2 Å². The molecule has 3 aromatic carbocycles. The third-order valence-electron chi connectivity index (χ3n) is 5.45. The van der Waals surface area contributed by atoms with Gasteiger partial charge in [0.05, 0.1) is 6.04 Å². The number of carbonyl (C=O) groups is 1. The molecule has 4 rings (SSSR count). The molecule has 3 aromatic rings. The Balaban J connectivity index is 1.47. The largest absolute Gasteiger partial charge is 0.322 e. The van der Waals surface area contributed by atoms with Crippen LogP contribution >= 0.6 is 0 Å². The van der Waals surface area contributed by atoms with E-state index < -0.39 is 17.7 Å². The van der Waals surface area contributed by atoms with Crippen molar-refractivity contribution in [2.24, 2.45) is 0 Å². The van der Waals surface area contributed by atoms with E-state index in [1.54, 1.807) is 29.2 Å². The van der Waals surface area contributed by atoms with E-state index in [0.29, 0.717) is 26.2 Å². The van der Waals surface area contributed by atoms with Crippen LogP contribution in [0.15, 0.2) is 66.7 Å². The molecular formula is C24H21F4N3O. The zero-order chi connectivity index (χ0) is 22.7. The summed E-state index contributed by atoms with van der Waals surface area (Å²) < 4.78 is 53.7. The lowest BCUT2D eigenvalue weighted by atomic mass is 9.96. The fourth-order valence-electron chi connectivity index (χ4n) is 3.92. The smallest absolute Gasteiger partial charge is 0.321 e. The van der Waals surface area contributed by atoms with Gasteiger partial charge in [-0.05, 0) is 47.5 Å². The summed E-state index contributed by atoms with van der Waals surface area (Å²) in [5.74, 6) is -2.23. The molecule has 1 fully saturated rings. The summed E-state index contributed by atoms with van der Waals surface area (Å²) in [5, 5.41) is 2.52. The predicted molar refractivity (Wildman–Crippen MR) is 113 cm³/mol. The molecule has 0 atom stereocenters. The van der Waals surface area contributed by atoms with Crippen LogP contribution in [0.2, 0.25) is 0 Å². The summed E-state index contributed by atoms with van der Waals surface area (Å²) in [6, 6.07) is 14.5. The number of halogens is 4. The van der Waals surface area contributed by atoms with Crippen molar-refractivity contribution >= 4 is 11.7 Å². The number of carbonyl (C=O) groups excluding carboxylic acids is 1. The highest BCUT2D eigenvalue weighted by Crippen LogP contribution is 2.30. The quantitative estimate of drug-likeness (QED) is 0.564. The van der Waals surface area contributed by atoms with Crippen molar-refractivity contribution in [3.63, 3.8) is 0 Å². The Bertz CT molecular complexity index is 1020. The van der Waals surface area contributed by atoms with E-state index in [9.17, 15) is 22.4 Å². The Hall–Kier alpha value is -3.39. The molecule has 1 N–H and O–H groups in total. The summed E-state index contributed by atoms with van der Waals surface area (Å²) >= 11 is 0. The first-order chi connectivity index (χ1) is 15.4. The molecule has 0 radical (unpaired) electrons. The van der Waals surface area contributed by atoms with Crippen LogP contribution in [0.3, 0.4) is 0 Å². The molecule has 0 bridgehead atoms. The summed E-state index contributed by atoms with van der Waals surface area (Å²) in [5.41, 5.74) is 1.75. The SMILES string of the molecule is O=C(Nc1cc(F)cc(F)c1)N1CCN(C(c2ccc(F)cc2)c2ccc(F)cc2)CC1. The van der Waals surface area contributed by atoms with Crippen LogP contribution in [0.25, 0.3) is 0 Å². The Morgan fingerprint density at radius 2 is 1.16 bits per heavy atom. The van der Waals surface area contributed by atoms with E-state index in [0.717, 1.165) is 29.3 Å². The zero-order valence-electron chi connectivity index (χ0n) is 17.1. The first kappa shape index (κ1) is 21.8. The topological polar surface area (TPSA) is 35.6 Å². The highest BCUT2D eigenvalue weighted by Gasteiger charge is 2.28. The van der Waals surface area contributed by atoms with Gasteiger partial charge in [-0.2, -0.15) is 0 Å². The number of hydrogen-bond donors (Lipinski definition) is 1. The van der Waals surface area contributed by atoms with Gasteiger partial charge in [0.2, 0.25) is 0 Å². The van der Waals surface area contributed by atoms with E-state index in [-0.39, 0.29) is 23.4 Å². The number of nitrogens with zero attached hydrogens (tertiary/aromatic N) is 2. The Morgan fingerprint density at radius 1 is 0.688 bits per heavy atom. The fourth-order valence-corrected chi connectivity index (χ4v) is 3.92. The third kappa shape index (κ3) is 5.08. The van der Waals surface area contributed by atoms with Gasteiger partial charge in [-0.15, -0.1) is 0 Å². The minimum absolute atomic E-state index is 0.0467. The van der Waals surface area contributed by atoms with Gasteiger partial charge in [0, 0.05) is 37.9 Å². The molecule has 0 spiro atoms. The van der Waals surface area contributed by atoms with Gasteiger partial charge in [-0.3, -0.25) is 4.90 Å². The molecule has 32 heavy (non-hydrogen) atoms. The number of anilines is 1. The fraction of sp³-hybridized carbons (Fsp3) is 0.208. The number of urea groups is 1. The summed E-state index contributed by atoms with van der Waals surface area (Å²) in [7, 11) is 0. The predicted octanol–water partition coefficient (Wildman–Crippen LogP) is 5.18. The first-order valence-corrected chi connectivity index (χ1v) is 10.2. The number of rotatable bonds is 4. The van der Waals surface area contributed by atoms with Gasteiger partial charge in [0.1, 0.15) is 23.3 Å². The average Bonchev–Trinajstić information content (AvgIpc) is 2.76. The number of hydrogen-bond acceptors (Lipinski definition) is 2. The maximum atomic E-state index is 13.5. The van der Waals surface area contributed by atoms with Crippen LogP contribution in [-0.2, 0) is 0 Å². The number of benzene rings is 3. The Morgan fingerprint density at radius 3 is 1.62 bits per heavy atom. The maximum absolute atomic E-state index is 13.5. The van der Waals surface area contributed by atoms with Crippen molar-refractivity contribution in [2.45, 2.75) is 6.04 Å². The van der Waals surface area contributed by atoms with Gasteiger partial charge in [0.25, 0.3) is 0 Å². The molecule has 0 aromatic heterocycles. The van der Waals surface area contributed by atoms with Crippen LogP contribution in [0.5, 0.6) is 0 Å². The van der Waals surface area contributed by atoms with Gasteiger partial charge in [-0.1, -0.05) is 24.3 Å². The molecule has 4 nitrogen and oxygen atoms in total. The second-order valence-electron chi connectivity index (χ2n) is 7.62. The van der Waals surface area contributed by atoms with Gasteiger partial charge in [-0.25, -0.2) is 22.4 Å². The second kappa shape index (κ2) is 9.40. The average molecular weight is 443 g/mol. The second-order valence-corrected chi connectivity index (χ2v) is 7.62. The van der Waals surface area contributed by atoms with Crippen LogP contribution in [-0.4, -0.2) is 42.0 Å². The molecule has 0 aliphatic carbocycles. The Labute approximate surface area is 183 Å². The number of piperazine rings is 1. The minimum atomic E-state index is -0.772. The van der Waals surface area contributed by atoms with Crippen LogP contribution < -0.4 is 5.32 Å². The molecular weight excluding hydrogens is 422 g/mol. The maximum Gasteiger partial charge on any atom is 0.321 e. The van der Waals surface area contributed by atoms with E-state index in [4.69, 9.17) is 0 Å². The van der Waals surface area contributed by atoms with Crippen molar-refractivity contribution < 1.29 is 22.4 Å². The van der Waals surface area contributed by atoms with Crippen LogP contribution in [0, 0.1) is 23.3 Å². The molecule has 2 amide bonds. The molecule has 1 aliphatic heterocycles. The van der Waals surface area contributed by atoms with E-state index in [2.05, 4.69) is 10.2 Å². The Kier molecular flexibility index (Phi) is 6.41.